The van der Waals surface area contributed by atoms with E-state index in [2.05, 4.69) is 17.6 Å². The molecule has 1 aromatic rings. The molecule has 5 nitrogen and oxygen atoms in total. The van der Waals surface area contributed by atoms with E-state index < -0.39 is 11.8 Å². The summed E-state index contributed by atoms with van der Waals surface area (Å²) < 4.78 is 5.04. The maximum Gasteiger partial charge on any atom is 0.309 e. The Balaban J connectivity index is 2.11. The van der Waals surface area contributed by atoms with Crippen molar-refractivity contribution >= 4 is 11.8 Å². The summed E-state index contributed by atoms with van der Waals surface area (Å²) in [5.41, 5.74) is 0. The molecule has 0 saturated carbocycles. The standard InChI is InChI=1S/C13H20N2O3/c1-2-3-4-5-8-14-12(16)13(17)15-10-11-7-6-9-18-11/h6-7,9H,2-5,8,10H2,1H3,(H,14,16)(H,15,17). The Bertz CT molecular complexity index is 360. The van der Waals surface area contributed by atoms with E-state index in [1.54, 1.807) is 12.1 Å². The first kappa shape index (κ1) is 14.3. The van der Waals surface area contributed by atoms with Crippen LogP contribution in [0, 0.1) is 0 Å². The van der Waals surface area contributed by atoms with Crippen molar-refractivity contribution in [2.75, 3.05) is 6.54 Å². The smallest absolute Gasteiger partial charge is 0.309 e. The molecular weight excluding hydrogens is 232 g/mol. The van der Waals surface area contributed by atoms with Crippen LogP contribution < -0.4 is 10.6 Å². The number of hydrogen-bond donors (Lipinski definition) is 2. The molecule has 18 heavy (non-hydrogen) atoms. The van der Waals surface area contributed by atoms with E-state index in [4.69, 9.17) is 4.42 Å². The SMILES string of the molecule is CCCCCCNC(=O)C(=O)NCc1ccco1. The third-order valence-corrected chi connectivity index (χ3v) is 2.53. The van der Waals surface area contributed by atoms with Crippen LogP contribution in [0.3, 0.4) is 0 Å². The fourth-order valence-electron chi connectivity index (χ4n) is 1.49. The highest BCUT2D eigenvalue weighted by atomic mass is 16.3. The van der Waals surface area contributed by atoms with Crippen molar-refractivity contribution in [3.63, 3.8) is 0 Å². The molecule has 0 aromatic carbocycles. The summed E-state index contributed by atoms with van der Waals surface area (Å²) in [6, 6.07) is 3.47. The number of carbonyl (C=O) groups is 2. The minimum absolute atomic E-state index is 0.231. The van der Waals surface area contributed by atoms with Crippen LogP contribution in [-0.4, -0.2) is 18.4 Å². The monoisotopic (exact) mass is 252 g/mol. The van der Waals surface area contributed by atoms with Gasteiger partial charge in [0.1, 0.15) is 5.76 Å². The molecule has 0 saturated heterocycles. The molecule has 0 radical (unpaired) electrons. The lowest BCUT2D eigenvalue weighted by atomic mass is 10.2. The number of hydrogen-bond acceptors (Lipinski definition) is 3. The zero-order valence-corrected chi connectivity index (χ0v) is 10.7. The molecule has 0 bridgehead atoms. The molecule has 1 rings (SSSR count). The highest BCUT2D eigenvalue weighted by Gasteiger charge is 2.12. The molecule has 1 aromatic heterocycles. The Morgan fingerprint density at radius 2 is 1.94 bits per heavy atom. The van der Waals surface area contributed by atoms with E-state index in [9.17, 15) is 9.59 Å². The van der Waals surface area contributed by atoms with E-state index in [1.165, 1.54) is 6.26 Å². The summed E-state index contributed by atoms with van der Waals surface area (Å²) in [5.74, 6) is -0.584. The van der Waals surface area contributed by atoms with Gasteiger partial charge in [-0.1, -0.05) is 26.2 Å². The number of furan rings is 1. The highest BCUT2D eigenvalue weighted by Crippen LogP contribution is 1.98. The van der Waals surface area contributed by atoms with Gasteiger partial charge in [-0.3, -0.25) is 9.59 Å². The second-order valence-corrected chi connectivity index (χ2v) is 4.08. The third kappa shape index (κ3) is 5.52. The molecule has 2 N–H and O–H groups in total. The van der Waals surface area contributed by atoms with Gasteiger partial charge in [-0.15, -0.1) is 0 Å². The van der Waals surface area contributed by atoms with Gasteiger partial charge >= 0.3 is 11.8 Å². The van der Waals surface area contributed by atoms with Crippen LogP contribution in [-0.2, 0) is 16.1 Å². The molecule has 1 heterocycles. The minimum Gasteiger partial charge on any atom is -0.467 e. The van der Waals surface area contributed by atoms with Crippen LogP contribution in [0.25, 0.3) is 0 Å². The summed E-state index contributed by atoms with van der Waals surface area (Å²) in [6.45, 7) is 2.91. The zero-order chi connectivity index (χ0) is 13.2. The van der Waals surface area contributed by atoms with Crippen molar-refractivity contribution in [1.82, 2.24) is 10.6 Å². The van der Waals surface area contributed by atoms with Gasteiger partial charge in [-0.25, -0.2) is 0 Å². The average Bonchev–Trinajstić information content (AvgIpc) is 2.88. The Hall–Kier alpha value is -1.78. The molecule has 0 fully saturated rings. The third-order valence-electron chi connectivity index (χ3n) is 2.53. The lowest BCUT2D eigenvalue weighted by Gasteiger charge is -2.05. The molecule has 5 heteroatoms. The number of carbonyl (C=O) groups excluding carboxylic acids is 2. The predicted octanol–water partition coefficient (Wildman–Crippen LogP) is 1.59. The summed E-state index contributed by atoms with van der Waals surface area (Å²) in [4.78, 5) is 22.8. The van der Waals surface area contributed by atoms with Gasteiger partial charge in [-0.2, -0.15) is 0 Å². The molecule has 100 valence electrons. The maximum absolute atomic E-state index is 11.4. The van der Waals surface area contributed by atoms with E-state index in [0.717, 1.165) is 25.7 Å². The van der Waals surface area contributed by atoms with Gasteiger partial charge < -0.3 is 15.1 Å². The number of nitrogens with one attached hydrogen (secondary N) is 2. The van der Waals surface area contributed by atoms with Crippen molar-refractivity contribution in [1.29, 1.82) is 0 Å². The van der Waals surface area contributed by atoms with Gasteiger partial charge in [-0.05, 0) is 18.6 Å². The van der Waals surface area contributed by atoms with Gasteiger partial charge in [0.15, 0.2) is 0 Å². The molecule has 0 aliphatic heterocycles. The van der Waals surface area contributed by atoms with Crippen molar-refractivity contribution in [2.24, 2.45) is 0 Å². The van der Waals surface area contributed by atoms with Gasteiger partial charge in [0.05, 0.1) is 12.8 Å². The first-order chi connectivity index (χ1) is 8.74. The Labute approximate surface area is 107 Å². The summed E-state index contributed by atoms with van der Waals surface area (Å²) >= 11 is 0. The zero-order valence-electron chi connectivity index (χ0n) is 10.7. The Kier molecular flexibility index (Phi) is 6.61. The maximum atomic E-state index is 11.4. The molecule has 2 amide bonds. The molecule has 0 aliphatic rings. The van der Waals surface area contributed by atoms with E-state index in [0.29, 0.717) is 12.3 Å². The predicted molar refractivity (Wildman–Crippen MR) is 67.7 cm³/mol. The van der Waals surface area contributed by atoms with Crippen molar-refractivity contribution in [3.05, 3.63) is 24.2 Å². The highest BCUT2D eigenvalue weighted by molar-refractivity contribution is 6.35. The van der Waals surface area contributed by atoms with Crippen molar-refractivity contribution < 1.29 is 14.0 Å². The molecule has 0 aliphatic carbocycles. The Morgan fingerprint density at radius 1 is 1.17 bits per heavy atom. The van der Waals surface area contributed by atoms with E-state index >= 15 is 0 Å². The average molecular weight is 252 g/mol. The normalized spacial score (nSPS) is 10.1. The molecular formula is C13H20N2O3. The molecule has 0 spiro atoms. The quantitative estimate of drug-likeness (QED) is 0.572. The Morgan fingerprint density at radius 3 is 2.61 bits per heavy atom. The first-order valence-electron chi connectivity index (χ1n) is 6.32. The van der Waals surface area contributed by atoms with Crippen LogP contribution in [0.1, 0.15) is 38.4 Å². The molecule has 0 atom stereocenters. The molecule has 0 unspecified atom stereocenters. The van der Waals surface area contributed by atoms with E-state index in [1.807, 2.05) is 0 Å². The second-order valence-electron chi connectivity index (χ2n) is 4.08. The number of amides is 2. The van der Waals surface area contributed by atoms with Crippen LogP contribution >= 0.6 is 0 Å². The second kappa shape index (κ2) is 8.33. The first-order valence-corrected chi connectivity index (χ1v) is 6.32. The fourth-order valence-corrected chi connectivity index (χ4v) is 1.49. The summed E-state index contributed by atoms with van der Waals surface area (Å²) in [7, 11) is 0. The van der Waals surface area contributed by atoms with Gasteiger partial charge in [0, 0.05) is 6.54 Å². The number of unbranched alkanes of at least 4 members (excludes halogenated alkanes) is 3. The van der Waals surface area contributed by atoms with Crippen molar-refractivity contribution in [3.8, 4) is 0 Å². The van der Waals surface area contributed by atoms with Crippen LogP contribution in [0.4, 0.5) is 0 Å². The van der Waals surface area contributed by atoms with Crippen LogP contribution in [0.5, 0.6) is 0 Å². The van der Waals surface area contributed by atoms with Gasteiger partial charge in [0.2, 0.25) is 0 Å². The largest absolute Gasteiger partial charge is 0.467 e. The summed E-state index contributed by atoms with van der Waals surface area (Å²) in [6.07, 6.45) is 5.81. The van der Waals surface area contributed by atoms with Gasteiger partial charge in [0.25, 0.3) is 0 Å². The minimum atomic E-state index is -0.623. The van der Waals surface area contributed by atoms with Crippen LogP contribution in [0.15, 0.2) is 22.8 Å². The fraction of sp³-hybridized carbons (Fsp3) is 0.538. The topological polar surface area (TPSA) is 71.3 Å². The lowest BCUT2D eigenvalue weighted by molar-refractivity contribution is -0.139. The van der Waals surface area contributed by atoms with Crippen LogP contribution in [0.2, 0.25) is 0 Å². The van der Waals surface area contributed by atoms with E-state index in [-0.39, 0.29) is 6.54 Å². The van der Waals surface area contributed by atoms with Crippen molar-refractivity contribution in [2.45, 2.75) is 39.2 Å². The number of rotatable bonds is 7. The lowest BCUT2D eigenvalue weighted by Crippen LogP contribution is -2.39. The summed E-state index contributed by atoms with van der Waals surface area (Å²) in [5, 5.41) is 5.08.